The maximum atomic E-state index is 2.32. The van der Waals surface area contributed by atoms with Crippen molar-refractivity contribution in [3.63, 3.8) is 0 Å². The zero-order valence-electron chi connectivity index (χ0n) is 24.2. The highest BCUT2D eigenvalue weighted by Crippen LogP contribution is 2.55. The summed E-state index contributed by atoms with van der Waals surface area (Å²) in [4.78, 5) is 0. The van der Waals surface area contributed by atoms with Crippen LogP contribution in [-0.2, 0) is 0 Å². The molecule has 0 amide bonds. The Morgan fingerprint density at radius 1 is 0.441 bits per heavy atom. The van der Waals surface area contributed by atoms with Crippen LogP contribution in [0.2, 0.25) is 0 Å². The van der Waals surface area contributed by atoms with E-state index >= 15 is 0 Å². The summed E-state index contributed by atoms with van der Waals surface area (Å²) in [6, 6.07) is 0. The van der Waals surface area contributed by atoms with Crippen LogP contribution in [-0.4, -0.2) is 0 Å². The standard InChI is InChI=1S/C34H66/c1-3-5-7-9-11-13-15-17-19-23-29-34(31-25-27-32-26-21-22-28-33(32)34)30-24-20-18-16-14-12-10-8-6-4-2/h32-33H,3-31H2,1-2H3. The van der Waals surface area contributed by atoms with Crippen molar-refractivity contribution in [2.45, 2.75) is 200 Å². The molecule has 2 unspecified atom stereocenters. The van der Waals surface area contributed by atoms with Crippen molar-refractivity contribution in [1.82, 2.24) is 0 Å². The highest BCUT2D eigenvalue weighted by atomic mass is 14.5. The van der Waals surface area contributed by atoms with Gasteiger partial charge in [0.15, 0.2) is 0 Å². The fraction of sp³-hybridized carbons (Fsp3) is 1.00. The highest BCUT2D eigenvalue weighted by Gasteiger charge is 2.44. The molecule has 0 aromatic rings. The Morgan fingerprint density at radius 2 is 0.824 bits per heavy atom. The van der Waals surface area contributed by atoms with Crippen LogP contribution in [0.5, 0.6) is 0 Å². The Kier molecular flexibility index (Phi) is 17.9. The molecule has 2 aliphatic rings. The number of fused-ring (bicyclic) bond motifs is 1. The highest BCUT2D eigenvalue weighted by molar-refractivity contribution is 4.95. The van der Waals surface area contributed by atoms with Gasteiger partial charge in [0.05, 0.1) is 0 Å². The third kappa shape index (κ3) is 12.3. The van der Waals surface area contributed by atoms with Crippen molar-refractivity contribution in [1.29, 1.82) is 0 Å². The van der Waals surface area contributed by atoms with Gasteiger partial charge in [-0.25, -0.2) is 0 Å². The van der Waals surface area contributed by atoms with E-state index in [1.165, 1.54) is 135 Å². The van der Waals surface area contributed by atoms with E-state index in [2.05, 4.69) is 13.8 Å². The number of hydrogen-bond donors (Lipinski definition) is 0. The molecule has 0 bridgehead atoms. The molecule has 0 nitrogen and oxygen atoms in total. The lowest BCUT2D eigenvalue weighted by Crippen LogP contribution is -2.41. The Hall–Kier alpha value is 0. The largest absolute Gasteiger partial charge is 0.0654 e. The first kappa shape index (κ1) is 30.2. The molecule has 0 saturated heterocycles. The van der Waals surface area contributed by atoms with E-state index in [0.717, 1.165) is 17.3 Å². The normalized spacial score (nSPS) is 22.1. The van der Waals surface area contributed by atoms with E-state index in [1.54, 1.807) is 51.4 Å². The van der Waals surface area contributed by atoms with Crippen molar-refractivity contribution in [2.75, 3.05) is 0 Å². The van der Waals surface area contributed by atoms with E-state index in [9.17, 15) is 0 Å². The Labute approximate surface area is 217 Å². The molecule has 0 spiro atoms. The molecule has 0 heteroatoms. The summed E-state index contributed by atoms with van der Waals surface area (Å²) in [5.41, 5.74) is 0.754. The van der Waals surface area contributed by atoms with Crippen molar-refractivity contribution < 1.29 is 0 Å². The first-order chi connectivity index (χ1) is 16.8. The van der Waals surface area contributed by atoms with Gasteiger partial charge in [0.2, 0.25) is 0 Å². The Morgan fingerprint density at radius 3 is 1.29 bits per heavy atom. The van der Waals surface area contributed by atoms with Crippen LogP contribution >= 0.6 is 0 Å². The summed E-state index contributed by atoms with van der Waals surface area (Å²) >= 11 is 0. The van der Waals surface area contributed by atoms with Gasteiger partial charge in [-0.3, -0.25) is 0 Å². The van der Waals surface area contributed by atoms with Gasteiger partial charge in [-0.05, 0) is 42.9 Å². The molecule has 0 radical (unpaired) electrons. The lowest BCUT2D eigenvalue weighted by molar-refractivity contribution is -0.00663. The second-order valence-corrected chi connectivity index (χ2v) is 12.8. The van der Waals surface area contributed by atoms with Gasteiger partial charge in [0.1, 0.15) is 0 Å². The number of unbranched alkanes of at least 4 members (excludes halogenated alkanes) is 18. The van der Waals surface area contributed by atoms with Crippen LogP contribution in [0.1, 0.15) is 200 Å². The first-order valence-corrected chi connectivity index (χ1v) is 16.8. The molecule has 0 N–H and O–H groups in total. The minimum absolute atomic E-state index is 0.754. The molecule has 2 fully saturated rings. The summed E-state index contributed by atoms with van der Waals surface area (Å²) in [6.45, 7) is 4.65. The summed E-state index contributed by atoms with van der Waals surface area (Å²) < 4.78 is 0. The molecular formula is C34H66. The van der Waals surface area contributed by atoms with Gasteiger partial charge in [-0.1, -0.05) is 174 Å². The monoisotopic (exact) mass is 475 g/mol. The second-order valence-electron chi connectivity index (χ2n) is 12.8. The summed E-state index contributed by atoms with van der Waals surface area (Å²) in [7, 11) is 0. The van der Waals surface area contributed by atoms with Crippen molar-refractivity contribution in [2.24, 2.45) is 17.3 Å². The molecule has 2 aliphatic carbocycles. The fourth-order valence-corrected chi connectivity index (χ4v) is 7.94. The maximum absolute atomic E-state index is 2.32. The smallest absolute Gasteiger partial charge is 0.0267 e. The first-order valence-electron chi connectivity index (χ1n) is 16.8. The van der Waals surface area contributed by atoms with Crippen LogP contribution in [0.3, 0.4) is 0 Å². The maximum Gasteiger partial charge on any atom is -0.0267 e. The fourth-order valence-electron chi connectivity index (χ4n) is 7.94. The predicted octanol–water partition coefficient (Wildman–Crippen LogP) is 12.6. The average Bonchev–Trinajstić information content (AvgIpc) is 2.86. The molecular weight excluding hydrogens is 408 g/mol. The Balaban J connectivity index is 1.65. The van der Waals surface area contributed by atoms with E-state index < -0.39 is 0 Å². The van der Waals surface area contributed by atoms with E-state index in [4.69, 9.17) is 0 Å². The van der Waals surface area contributed by atoms with E-state index in [-0.39, 0.29) is 0 Å². The number of rotatable bonds is 22. The molecule has 0 heterocycles. The van der Waals surface area contributed by atoms with Crippen LogP contribution in [0.4, 0.5) is 0 Å². The van der Waals surface area contributed by atoms with Gasteiger partial charge in [-0.15, -0.1) is 0 Å². The van der Waals surface area contributed by atoms with Gasteiger partial charge in [0.25, 0.3) is 0 Å². The zero-order chi connectivity index (χ0) is 24.2. The molecule has 0 aromatic carbocycles. The minimum atomic E-state index is 0.754. The lowest BCUT2D eigenvalue weighted by atomic mass is 9.54. The molecule has 202 valence electrons. The van der Waals surface area contributed by atoms with Crippen LogP contribution in [0.15, 0.2) is 0 Å². The molecule has 2 saturated carbocycles. The third-order valence-electron chi connectivity index (χ3n) is 10.0. The van der Waals surface area contributed by atoms with Crippen LogP contribution in [0.25, 0.3) is 0 Å². The molecule has 2 rings (SSSR count). The molecule has 0 aromatic heterocycles. The minimum Gasteiger partial charge on any atom is -0.0654 e. The quantitative estimate of drug-likeness (QED) is 0.137. The van der Waals surface area contributed by atoms with Crippen LogP contribution < -0.4 is 0 Å². The number of hydrogen-bond acceptors (Lipinski definition) is 0. The van der Waals surface area contributed by atoms with E-state index in [1.807, 2.05) is 0 Å². The van der Waals surface area contributed by atoms with Gasteiger partial charge >= 0.3 is 0 Å². The van der Waals surface area contributed by atoms with Crippen molar-refractivity contribution >= 4 is 0 Å². The summed E-state index contributed by atoms with van der Waals surface area (Å²) in [5, 5.41) is 0. The third-order valence-corrected chi connectivity index (χ3v) is 10.0. The molecule has 2 atom stereocenters. The SMILES string of the molecule is CCCCCCCCCCCCC1(CCCCCCCCCCCC)CCCC2CCCCC21. The van der Waals surface area contributed by atoms with Crippen molar-refractivity contribution in [3.05, 3.63) is 0 Å². The molecule has 0 aliphatic heterocycles. The lowest BCUT2D eigenvalue weighted by Gasteiger charge is -2.51. The second kappa shape index (κ2) is 20.1. The summed E-state index contributed by atoms with van der Waals surface area (Å²) in [6.07, 6.45) is 43.8. The van der Waals surface area contributed by atoms with E-state index in [0.29, 0.717) is 0 Å². The van der Waals surface area contributed by atoms with Crippen molar-refractivity contribution in [3.8, 4) is 0 Å². The van der Waals surface area contributed by atoms with Gasteiger partial charge in [-0.2, -0.15) is 0 Å². The zero-order valence-corrected chi connectivity index (χ0v) is 24.2. The molecule has 34 heavy (non-hydrogen) atoms. The summed E-state index contributed by atoms with van der Waals surface area (Å²) in [5.74, 6) is 2.21. The Bertz CT molecular complexity index is 411. The van der Waals surface area contributed by atoms with Gasteiger partial charge < -0.3 is 0 Å². The van der Waals surface area contributed by atoms with Gasteiger partial charge in [0, 0.05) is 0 Å². The average molecular weight is 475 g/mol. The predicted molar refractivity (Wildman–Crippen MR) is 155 cm³/mol. The topological polar surface area (TPSA) is 0 Å². The van der Waals surface area contributed by atoms with Crippen LogP contribution in [0, 0.1) is 17.3 Å².